The summed E-state index contributed by atoms with van der Waals surface area (Å²) in [5, 5.41) is 0. The lowest BCUT2D eigenvalue weighted by atomic mass is 10.6. The summed E-state index contributed by atoms with van der Waals surface area (Å²) in [5.74, 6) is -0.0324. The molecule has 0 atom stereocenters. The molecule has 0 N–H and O–H groups in total. The fourth-order valence-electron chi connectivity index (χ4n) is 0.875. The molecule has 0 spiro atoms. The van der Waals surface area contributed by atoms with Crippen LogP contribution in [0.5, 0.6) is 0 Å². The summed E-state index contributed by atoms with van der Waals surface area (Å²) in [7, 11) is 0. The highest BCUT2D eigenvalue weighted by molar-refractivity contribution is 5.01. The third-order valence-corrected chi connectivity index (χ3v) is 1.28. The van der Waals surface area contributed by atoms with Gasteiger partial charge in [-0.05, 0) is 13.8 Å². The van der Waals surface area contributed by atoms with E-state index in [1.165, 1.54) is 13.8 Å². The van der Waals surface area contributed by atoms with Crippen LogP contribution < -0.4 is 0 Å². The second-order valence-corrected chi connectivity index (χ2v) is 2.27. The van der Waals surface area contributed by atoms with Gasteiger partial charge in [-0.15, -0.1) is 13.2 Å². The summed E-state index contributed by atoms with van der Waals surface area (Å²) in [6, 6.07) is 0. The molecule has 1 aromatic rings. The van der Waals surface area contributed by atoms with Crippen LogP contribution in [0, 0.1) is 13.8 Å². The molecule has 2 nitrogen and oxygen atoms in total. The lowest BCUT2D eigenvalue weighted by molar-refractivity contribution is -0.205. The molecule has 62 valence electrons. The Bertz CT molecular complexity index is 261. The molecular formula is C6H7F3N2. The molecule has 1 heterocycles. The van der Waals surface area contributed by atoms with Gasteiger partial charge in [-0.1, -0.05) is 0 Å². The molecule has 0 aliphatic heterocycles. The normalized spacial score (nSPS) is 12.1. The molecule has 0 unspecified atom stereocenters. The van der Waals surface area contributed by atoms with E-state index in [4.69, 9.17) is 0 Å². The molecule has 0 aliphatic rings. The number of aromatic nitrogens is 2. The van der Waals surface area contributed by atoms with Crippen LogP contribution in [-0.4, -0.2) is 9.55 Å². The van der Waals surface area contributed by atoms with Crippen molar-refractivity contribution in [3.05, 3.63) is 17.7 Å². The largest absolute Gasteiger partial charge is 0.489 e. The monoisotopic (exact) mass is 164 g/mol. The zero-order chi connectivity index (χ0) is 8.65. The quantitative estimate of drug-likeness (QED) is 0.573. The van der Waals surface area contributed by atoms with Gasteiger partial charge < -0.3 is 0 Å². The first-order valence-corrected chi connectivity index (χ1v) is 3.01. The maximum atomic E-state index is 12.0. The Morgan fingerprint density at radius 2 is 1.91 bits per heavy atom. The zero-order valence-corrected chi connectivity index (χ0v) is 6.11. The molecule has 0 saturated heterocycles. The van der Waals surface area contributed by atoms with Gasteiger partial charge in [-0.3, -0.25) is 0 Å². The number of imidazole rings is 1. The van der Waals surface area contributed by atoms with Gasteiger partial charge >= 0.3 is 6.30 Å². The van der Waals surface area contributed by atoms with Gasteiger partial charge in [-0.25, -0.2) is 9.55 Å². The smallest absolute Gasteiger partial charge is 0.245 e. The Kier molecular flexibility index (Phi) is 1.66. The van der Waals surface area contributed by atoms with Crippen LogP contribution in [0.3, 0.4) is 0 Å². The Hall–Kier alpha value is -1.00. The predicted molar refractivity (Wildman–Crippen MR) is 33.0 cm³/mol. The van der Waals surface area contributed by atoms with E-state index in [2.05, 4.69) is 4.98 Å². The minimum atomic E-state index is -4.34. The lowest BCUT2D eigenvalue weighted by Gasteiger charge is -2.07. The molecule has 0 fully saturated rings. The Balaban J connectivity index is 3.13. The van der Waals surface area contributed by atoms with Crippen LogP contribution in [0.25, 0.3) is 0 Å². The number of hydrogen-bond donors (Lipinski definition) is 0. The summed E-state index contributed by atoms with van der Waals surface area (Å²) in [5.41, 5.74) is 0.375. The van der Waals surface area contributed by atoms with E-state index in [1.807, 2.05) is 0 Å². The van der Waals surface area contributed by atoms with E-state index in [0.29, 0.717) is 5.69 Å². The van der Waals surface area contributed by atoms with Gasteiger partial charge in [0.25, 0.3) is 0 Å². The molecule has 5 heteroatoms. The third kappa shape index (κ3) is 1.53. The Labute approximate surface area is 61.7 Å². The highest BCUT2D eigenvalue weighted by atomic mass is 19.4. The summed E-state index contributed by atoms with van der Waals surface area (Å²) in [4.78, 5) is 3.62. The van der Waals surface area contributed by atoms with Crippen LogP contribution in [0.1, 0.15) is 11.5 Å². The molecule has 0 saturated carbocycles. The number of aryl methyl sites for hydroxylation is 2. The average molecular weight is 164 g/mol. The van der Waals surface area contributed by atoms with Crippen LogP contribution in [0.2, 0.25) is 0 Å². The number of alkyl halides is 3. The minimum absolute atomic E-state index is 0.0324. The van der Waals surface area contributed by atoms with E-state index in [1.54, 1.807) is 0 Å². The van der Waals surface area contributed by atoms with Gasteiger partial charge in [0.1, 0.15) is 5.82 Å². The fraction of sp³-hybridized carbons (Fsp3) is 0.500. The molecular weight excluding hydrogens is 157 g/mol. The SMILES string of the molecule is Cc1cn(C(F)(F)F)c(C)n1. The predicted octanol–water partition coefficient (Wildman–Crippen LogP) is 1.98. The van der Waals surface area contributed by atoms with Crippen LogP contribution in [0.15, 0.2) is 6.20 Å². The average Bonchev–Trinajstić information content (AvgIpc) is 2.08. The van der Waals surface area contributed by atoms with Gasteiger partial charge in [0, 0.05) is 6.20 Å². The van der Waals surface area contributed by atoms with E-state index >= 15 is 0 Å². The van der Waals surface area contributed by atoms with E-state index in [9.17, 15) is 13.2 Å². The van der Waals surface area contributed by atoms with Gasteiger partial charge in [0.2, 0.25) is 0 Å². The van der Waals surface area contributed by atoms with Gasteiger partial charge in [0.15, 0.2) is 0 Å². The van der Waals surface area contributed by atoms with Crippen LogP contribution >= 0.6 is 0 Å². The molecule has 0 bridgehead atoms. The topological polar surface area (TPSA) is 17.8 Å². The van der Waals surface area contributed by atoms with E-state index < -0.39 is 6.30 Å². The third-order valence-electron chi connectivity index (χ3n) is 1.28. The summed E-state index contributed by atoms with van der Waals surface area (Å²) in [6.07, 6.45) is -3.37. The number of nitrogens with zero attached hydrogens (tertiary/aromatic N) is 2. The Morgan fingerprint density at radius 3 is 2.09 bits per heavy atom. The highest BCUT2D eigenvalue weighted by Crippen LogP contribution is 2.23. The molecule has 0 radical (unpaired) electrons. The second-order valence-electron chi connectivity index (χ2n) is 2.27. The number of hydrogen-bond acceptors (Lipinski definition) is 1. The van der Waals surface area contributed by atoms with Crippen molar-refractivity contribution >= 4 is 0 Å². The zero-order valence-electron chi connectivity index (χ0n) is 6.11. The first-order valence-electron chi connectivity index (χ1n) is 3.01. The van der Waals surface area contributed by atoms with Crippen molar-refractivity contribution in [1.29, 1.82) is 0 Å². The standard InChI is InChI=1S/C6H7F3N2/c1-4-3-11(5(2)10-4)6(7,8)9/h3H,1-2H3. The molecule has 1 aromatic heterocycles. The number of rotatable bonds is 0. The van der Waals surface area contributed by atoms with Gasteiger partial charge in [-0.2, -0.15) is 0 Å². The van der Waals surface area contributed by atoms with Crippen molar-refractivity contribution in [2.24, 2.45) is 0 Å². The van der Waals surface area contributed by atoms with E-state index in [0.717, 1.165) is 6.20 Å². The van der Waals surface area contributed by atoms with Crippen LogP contribution in [0.4, 0.5) is 13.2 Å². The lowest BCUT2D eigenvalue weighted by Crippen LogP contribution is -2.16. The first-order chi connectivity index (χ1) is 4.91. The molecule has 1 rings (SSSR count). The highest BCUT2D eigenvalue weighted by Gasteiger charge is 2.31. The summed E-state index contributed by atoms with van der Waals surface area (Å²) in [6.45, 7) is 2.84. The van der Waals surface area contributed by atoms with Crippen molar-refractivity contribution in [2.45, 2.75) is 20.1 Å². The van der Waals surface area contributed by atoms with Crippen molar-refractivity contribution in [3.63, 3.8) is 0 Å². The molecule has 0 aliphatic carbocycles. The maximum absolute atomic E-state index is 12.0. The van der Waals surface area contributed by atoms with Crippen molar-refractivity contribution in [2.75, 3.05) is 0 Å². The van der Waals surface area contributed by atoms with Crippen molar-refractivity contribution in [1.82, 2.24) is 9.55 Å². The molecule has 0 aromatic carbocycles. The minimum Gasteiger partial charge on any atom is -0.245 e. The van der Waals surface area contributed by atoms with Gasteiger partial charge in [0.05, 0.1) is 5.69 Å². The van der Waals surface area contributed by atoms with Crippen molar-refractivity contribution in [3.8, 4) is 0 Å². The van der Waals surface area contributed by atoms with Crippen LogP contribution in [-0.2, 0) is 6.30 Å². The maximum Gasteiger partial charge on any atom is 0.489 e. The van der Waals surface area contributed by atoms with Crippen molar-refractivity contribution < 1.29 is 13.2 Å². The second kappa shape index (κ2) is 2.25. The fourth-order valence-corrected chi connectivity index (χ4v) is 0.875. The Morgan fingerprint density at radius 1 is 1.36 bits per heavy atom. The molecule has 11 heavy (non-hydrogen) atoms. The summed E-state index contributed by atoms with van der Waals surface area (Å²) < 4.78 is 36.2. The summed E-state index contributed by atoms with van der Waals surface area (Å²) >= 11 is 0. The molecule has 0 amide bonds. The number of halogens is 3. The van der Waals surface area contributed by atoms with E-state index in [-0.39, 0.29) is 10.4 Å². The first kappa shape index (κ1) is 8.10.